The molecule has 1 rings (SSSR count). The lowest BCUT2D eigenvalue weighted by Gasteiger charge is -2.14. The van der Waals surface area contributed by atoms with Gasteiger partial charge in [0.1, 0.15) is 11.8 Å². The number of rotatable bonds is 4. The first-order chi connectivity index (χ1) is 8.25. The van der Waals surface area contributed by atoms with Crippen molar-refractivity contribution in [2.24, 2.45) is 5.73 Å². The smallest absolute Gasteiger partial charge is 0.416 e. The fourth-order valence-electron chi connectivity index (χ4n) is 1.44. The second kappa shape index (κ2) is 5.26. The van der Waals surface area contributed by atoms with Gasteiger partial charge in [0, 0.05) is 6.42 Å². The quantitative estimate of drug-likeness (QED) is 0.866. The Kier molecular flexibility index (Phi) is 4.18. The molecule has 3 N–H and O–H groups in total. The van der Waals surface area contributed by atoms with Crippen molar-refractivity contribution in [2.75, 3.05) is 7.11 Å². The van der Waals surface area contributed by atoms with E-state index in [4.69, 9.17) is 15.6 Å². The Hall–Kier alpha value is -1.76. The first kappa shape index (κ1) is 14.3. The van der Waals surface area contributed by atoms with Gasteiger partial charge >= 0.3 is 12.1 Å². The molecule has 7 heteroatoms. The molecule has 0 aromatic heterocycles. The molecule has 100 valence electrons. The monoisotopic (exact) mass is 263 g/mol. The van der Waals surface area contributed by atoms with Crippen LogP contribution in [-0.4, -0.2) is 24.2 Å². The molecule has 0 radical (unpaired) electrons. The first-order valence-corrected chi connectivity index (χ1v) is 4.98. The molecule has 0 heterocycles. The number of methoxy groups -OCH3 is 1. The van der Waals surface area contributed by atoms with Gasteiger partial charge in [-0.05, 0) is 23.8 Å². The Balaban J connectivity index is 3.10. The van der Waals surface area contributed by atoms with Gasteiger partial charge in [-0.15, -0.1) is 0 Å². The molecular formula is C11H12F3NO3. The summed E-state index contributed by atoms with van der Waals surface area (Å²) in [4.78, 5) is 10.6. The molecule has 0 aliphatic rings. The number of aliphatic carboxylic acids is 1. The summed E-state index contributed by atoms with van der Waals surface area (Å²) in [5, 5.41) is 8.65. The Morgan fingerprint density at radius 3 is 2.56 bits per heavy atom. The summed E-state index contributed by atoms with van der Waals surface area (Å²) >= 11 is 0. The van der Waals surface area contributed by atoms with Crippen LogP contribution in [0.2, 0.25) is 0 Å². The summed E-state index contributed by atoms with van der Waals surface area (Å²) in [6.07, 6.45) is -4.73. The summed E-state index contributed by atoms with van der Waals surface area (Å²) in [6, 6.07) is 1.59. The summed E-state index contributed by atoms with van der Waals surface area (Å²) in [5.41, 5.74) is 4.54. The van der Waals surface area contributed by atoms with E-state index in [0.717, 1.165) is 18.2 Å². The lowest BCUT2D eigenvalue weighted by molar-refractivity contribution is -0.138. The van der Waals surface area contributed by atoms with E-state index in [1.807, 2.05) is 0 Å². The number of alkyl halides is 3. The fraction of sp³-hybridized carbons (Fsp3) is 0.364. The zero-order chi connectivity index (χ0) is 13.9. The highest BCUT2D eigenvalue weighted by Crippen LogP contribution is 2.32. The van der Waals surface area contributed by atoms with E-state index in [0.29, 0.717) is 0 Å². The van der Waals surface area contributed by atoms with Crippen molar-refractivity contribution in [3.63, 3.8) is 0 Å². The van der Waals surface area contributed by atoms with Crippen LogP contribution in [0.1, 0.15) is 11.1 Å². The van der Waals surface area contributed by atoms with E-state index in [2.05, 4.69) is 0 Å². The number of nitrogens with two attached hydrogens (primary N) is 1. The van der Waals surface area contributed by atoms with Gasteiger partial charge in [0.2, 0.25) is 0 Å². The van der Waals surface area contributed by atoms with Crippen LogP contribution in [0.25, 0.3) is 0 Å². The molecule has 4 nitrogen and oxygen atoms in total. The number of carbonyl (C=O) groups is 1. The zero-order valence-corrected chi connectivity index (χ0v) is 9.49. The van der Waals surface area contributed by atoms with Gasteiger partial charge in [0.25, 0.3) is 0 Å². The molecule has 0 aliphatic carbocycles. The van der Waals surface area contributed by atoms with Crippen molar-refractivity contribution in [1.29, 1.82) is 0 Å². The van der Waals surface area contributed by atoms with Crippen LogP contribution in [0, 0.1) is 0 Å². The molecule has 1 aromatic carbocycles. The van der Waals surface area contributed by atoms with Gasteiger partial charge in [-0.25, -0.2) is 0 Å². The van der Waals surface area contributed by atoms with Crippen molar-refractivity contribution < 1.29 is 27.8 Å². The molecule has 0 fully saturated rings. The van der Waals surface area contributed by atoms with Gasteiger partial charge in [-0.3, -0.25) is 4.79 Å². The van der Waals surface area contributed by atoms with E-state index >= 15 is 0 Å². The number of hydrogen-bond acceptors (Lipinski definition) is 3. The van der Waals surface area contributed by atoms with Crippen LogP contribution in [-0.2, 0) is 17.4 Å². The van der Waals surface area contributed by atoms with Gasteiger partial charge in [0.15, 0.2) is 0 Å². The van der Waals surface area contributed by atoms with Crippen LogP contribution < -0.4 is 10.5 Å². The van der Waals surface area contributed by atoms with Gasteiger partial charge in [-0.2, -0.15) is 13.2 Å². The Morgan fingerprint density at radius 2 is 2.11 bits per heavy atom. The lowest BCUT2D eigenvalue weighted by atomic mass is 10.0. The predicted octanol–water partition coefficient (Wildman–Crippen LogP) is 1.67. The molecule has 0 spiro atoms. The van der Waals surface area contributed by atoms with Crippen LogP contribution in [0.15, 0.2) is 18.2 Å². The van der Waals surface area contributed by atoms with Gasteiger partial charge in [-0.1, -0.05) is 0 Å². The van der Waals surface area contributed by atoms with Crippen molar-refractivity contribution in [3.05, 3.63) is 29.3 Å². The predicted molar refractivity (Wildman–Crippen MR) is 57.3 cm³/mol. The second-order valence-corrected chi connectivity index (χ2v) is 3.67. The highest BCUT2D eigenvalue weighted by Gasteiger charge is 2.31. The van der Waals surface area contributed by atoms with Crippen molar-refractivity contribution in [2.45, 2.75) is 18.6 Å². The summed E-state index contributed by atoms with van der Waals surface area (Å²) in [5.74, 6) is -1.10. The molecule has 1 unspecified atom stereocenters. The number of carboxylic acid groups (broad SMARTS) is 1. The molecule has 0 aliphatic heterocycles. The maximum absolute atomic E-state index is 12.5. The van der Waals surface area contributed by atoms with E-state index in [9.17, 15) is 18.0 Å². The van der Waals surface area contributed by atoms with Crippen LogP contribution in [0.5, 0.6) is 5.75 Å². The molecule has 1 atom stereocenters. The van der Waals surface area contributed by atoms with Crippen LogP contribution in [0.4, 0.5) is 13.2 Å². The number of hydrogen-bond donors (Lipinski definition) is 2. The van der Waals surface area contributed by atoms with E-state index in [-0.39, 0.29) is 17.7 Å². The summed E-state index contributed by atoms with van der Waals surface area (Å²) in [7, 11) is 1.29. The summed E-state index contributed by atoms with van der Waals surface area (Å²) < 4.78 is 42.4. The topological polar surface area (TPSA) is 72.5 Å². The third kappa shape index (κ3) is 3.36. The maximum atomic E-state index is 12.5. The third-order valence-corrected chi connectivity index (χ3v) is 2.36. The molecule has 0 bridgehead atoms. The Bertz CT molecular complexity index is 446. The van der Waals surface area contributed by atoms with Crippen LogP contribution >= 0.6 is 0 Å². The Labute approximate surface area is 101 Å². The highest BCUT2D eigenvalue weighted by atomic mass is 19.4. The first-order valence-electron chi connectivity index (χ1n) is 4.98. The second-order valence-electron chi connectivity index (χ2n) is 3.67. The summed E-state index contributed by atoms with van der Waals surface area (Å²) in [6.45, 7) is 0. The highest BCUT2D eigenvalue weighted by molar-refractivity contribution is 5.73. The lowest BCUT2D eigenvalue weighted by Crippen LogP contribution is -2.32. The fourth-order valence-corrected chi connectivity index (χ4v) is 1.44. The minimum Gasteiger partial charge on any atom is -0.496 e. The molecule has 0 amide bonds. The number of halogens is 3. The molecule has 18 heavy (non-hydrogen) atoms. The number of benzene rings is 1. The van der Waals surface area contributed by atoms with Crippen molar-refractivity contribution in [3.8, 4) is 5.75 Å². The normalized spacial score (nSPS) is 13.2. The SMILES string of the molecule is COc1ccc(C(F)(F)F)cc1CC(N)C(=O)O. The maximum Gasteiger partial charge on any atom is 0.416 e. The molecular weight excluding hydrogens is 251 g/mol. The average Bonchev–Trinajstić information content (AvgIpc) is 2.27. The van der Waals surface area contributed by atoms with Gasteiger partial charge < -0.3 is 15.6 Å². The average molecular weight is 263 g/mol. The minimum atomic E-state index is -4.49. The third-order valence-electron chi connectivity index (χ3n) is 2.36. The number of carboxylic acids is 1. The van der Waals surface area contributed by atoms with Crippen molar-refractivity contribution in [1.82, 2.24) is 0 Å². The van der Waals surface area contributed by atoms with Crippen molar-refractivity contribution >= 4 is 5.97 Å². The van der Waals surface area contributed by atoms with E-state index in [1.165, 1.54) is 7.11 Å². The van der Waals surface area contributed by atoms with Crippen LogP contribution in [0.3, 0.4) is 0 Å². The zero-order valence-electron chi connectivity index (χ0n) is 9.49. The molecule has 0 saturated heterocycles. The number of ether oxygens (including phenoxy) is 1. The minimum absolute atomic E-state index is 0.113. The largest absolute Gasteiger partial charge is 0.496 e. The van der Waals surface area contributed by atoms with E-state index < -0.39 is 23.8 Å². The Morgan fingerprint density at radius 1 is 1.50 bits per heavy atom. The molecule has 1 aromatic rings. The van der Waals surface area contributed by atoms with E-state index in [1.54, 1.807) is 0 Å². The standard InChI is InChI=1S/C11H12F3NO3/c1-18-9-3-2-7(11(12,13)14)4-6(9)5-8(15)10(16)17/h2-4,8H,5,15H2,1H3,(H,16,17). The van der Waals surface area contributed by atoms with Gasteiger partial charge in [0.05, 0.1) is 12.7 Å². The molecule has 0 saturated carbocycles.